The molecule has 0 aliphatic carbocycles. The van der Waals surface area contributed by atoms with Crippen molar-refractivity contribution in [2.24, 2.45) is 0 Å². The van der Waals surface area contributed by atoms with E-state index in [-0.39, 0.29) is 0 Å². The van der Waals surface area contributed by atoms with Gasteiger partial charge in [-0.05, 0) is 30.7 Å². The standard InChI is InChI=1S/C10H12N4S/c1-4-9-10(11-5-1)14(13-12-9)7-8-3-2-6-15-8/h1,4-5,8H,2-3,6-7H2. The van der Waals surface area contributed by atoms with Crippen LogP contribution < -0.4 is 0 Å². The first-order valence-corrected chi connectivity index (χ1v) is 6.24. The highest BCUT2D eigenvalue weighted by atomic mass is 32.2. The monoisotopic (exact) mass is 220 g/mol. The molecule has 2 aromatic heterocycles. The molecule has 0 bridgehead atoms. The van der Waals surface area contributed by atoms with Gasteiger partial charge < -0.3 is 0 Å². The number of pyridine rings is 1. The van der Waals surface area contributed by atoms with E-state index < -0.39 is 0 Å². The Kier molecular flexibility index (Phi) is 2.32. The molecule has 0 radical (unpaired) electrons. The van der Waals surface area contributed by atoms with Crippen molar-refractivity contribution >= 4 is 22.9 Å². The van der Waals surface area contributed by atoms with E-state index in [1.165, 1.54) is 18.6 Å². The Morgan fingerprint density at radius 3 is 3.40 bits per heavy atom. The minimum atomic E-state index is 0.692. The molecule has 3 heterocycles. The van der Waals surface area contributed by atoms with Gasteiger partial charge in [-0.15, -0.1) is 5.10 Å². The van der Waals surface area contributed by atoms with Crippen molar-refractivity contribution in [3.63, 3.8) is 0 Å². The first-order valence-electron chi connectivity index (χ1n) is 5.19. The molecular formula is C10H12N4S. The zero-order valence-corrected chi connectivity index (χ0v) is 9.15. The van der Waals surface area contributed by atoms with Gasteiger partial charge in [-0.3, -0.25) is 0 Å². The number of hydrogen-bond acceptors (Lipinski definition) is 4. The van der Waals surface area contributed by atoms with Crippen LogP contribution in [0.3, 0.4) is 0 Å². The highest BCUT2D eigenvalue weighted by molar-refractivity contribution is 8.00. The van der Waals surface area contributed by atoms with Crippen molar-refractivity contribution < 1.29 is 0 Å². The molecule has 78 valence electrons. The fraction of sp³-hybridized carbons (Fsp3) is 0.500. The summed E-state index contributed by atoms with van der Waals surface area (Å²) in [6.45, 7) is 0.943. The molecule has 0 aromatic carbocycles. The molecule has 0 saturated carbocycles. The Morgan fingerprint density at radius 1 is 1.53 bits per heavy atom. The van der Waals surface area contributed by atoms with E-state index in [9.17, 15) is 0 Å². The van der Waals surface area contributed by atoms with Gasteiger partial charge in [-0.25, -0.2) is 9.67 Å². The summed E-state index contributed by atoms with van der Waals surface area (Å²) >= 11 is 2.03. The van der Waals surface area contributed by atoms with E-state index >= 15 is 0 Å². The van der Waals surface area contributed by atoms with Crippen molar-refractivity contribution in [3.8, 4) is 0 Å². The Bertz CT molecular complexity index is 461. The summed E-state index contributed by atoms with van der Waals surface area (Å²) in [5.41, 5.74) is 1.80. The third kappa shape index (κ3) is 1.71. The highest BCUT2D eigenvalue weighted by Crippen LogP contribution is 2.27. The maximum Gasteiger partial charge on any atom is 0.178 e. The fourth-order valence-corrected chi connectivity index (χ4v) is 3.16. The second-order valence-corrected chi connectivity index (χ2v) is 5.16. The van der Waals surface area contributed by atoms with Crippen LogP contribution in [0.15, 0.2) is 18.3 Å². The van der Waals surface area contributed by atoms with Crippen LogP contribution in [0.25, 0.3) is 11.2 Å². The molecule has 5 heteroatoms. The van der Waals surface area contributed by atoms with Crippen molar-refractivity contribution in [1.29, 1.82) is 0 Å². The van der Waals surface area contributed by atoms with Crippen LogP contribution in [0, 0.1) is 0 Å². The zero-order chi connectivity index (χ0) is 10.1. The first kappa shape index (κ1) is 9.15. The second-order valence-electron chi connectivity index (χ2n) is 3.75. The highest BCUT2D eigenvalue weighted by Gasteiger charge is 2.17. The smallest absolute Gasteiger partial charge is 0.178 e. The van der Waals surface area contributed by atoms with Crippen LogP contribution in [0.5, 0.6) is 0 Å². The Hall–Kier alpha value is -1.10. The number of nitrogens with zero attached hydrogens (tertiary/aromatic N) is 4. The zero-order valence-electron chi connectivity index (χ0n) is 8.33. The summed E-state index contributed by atoms with van der Waals surface area (Å²) < 4.78 is 1.93. The summed E-state index contributed by atoms with van der Waals surface area (Å²) in [4.78, 5) is 4.31. The third-order valence-electron chi connectivity index (χ3n) is 2.67. The van der Waals surface area contributed by atoms with Gasteiger partial charge in [0.2, 0.25) is 0 Å². The first-order chi connectivity index (χ1) is 7.43. The normalized spacial score (nSPS) is 21.2. The fourth-order valence-electron chi connectivity index (χ4n) is 1.91. The van der Waals surface area contributed by atoms with Crippen LogP contribution in [-0.2, 0) is 6.54 Å². The SMILES string of the molecule is c1cnc2c(c1)nnn2CC1CCCS1. The lowest BCUT2D eigenvalue weighted by Crippen LogP contribution is -2.11. The number of rotatable bonds is 2. The van der Waals surface area contributed by atoms with Crippen molar-refractivity contribution in [2.45, 2.75) is 24.6 Å². The Balaban J connectivity index is 1.90. The van der Waals surface area contributed by atoms with Gasteiger partial charge in [0.05, 0.1) is 6.54 Å². The summed E-state index contributed by atoms with van der Waals surface area (Å²) in [5.74, 6) is 1.28. The topological polar surface area (TPSA) is 43.6 Å². The van der Waals surface area contributed by atoms with E-state index in [1.807, 2.05) is 28.6 Å². The largest absolute Gasteiger partial charge is 0.235 e. The molecule has 0 spiro atoms. The van der Waals surface area contributed by atoms with Gasteiger partial charge in [0.1, 0.15) is 5.52 Å². The predicted molar refractivity (Wildman–Crippen MR) is 60.8 cm³/mol. The molecule has 1 aliphatic heterocycles. The van der Waals surface area contributed by atoms with Gasteiger partial charge in [-0.2, -0.15) is 11.8 Å². The third-order valence-corrected chi connectivity index (χ3v) is 4.05. The molecule has 1 fully saturated rings. The maximum absolute atomic E-state index is 4.31. The molecule has 1 saturated heterocycles. The molecule has 0 amide bonds. The number of thioether (sulfide) groups is 1. The summed E-state index contributed by atoms with van der Waals surface area (Å²) in [7, 11) is 0. The molecule has 3 rings (SSSR count). The second kappa shape index (κ2) is 3.81. The van der Waals surface area contributed by atoms with Crippen LogP contribution in [0.1, 0.15) is 12.8 Å². The molecule has 15 heavy (non-hydrogen) atoms. The van der Waals surface area contributed by atoms with E-state index in [0.29, 0.717) is 5.25 Å². The summed E-state index contributed by atoms with van der Waals surface area (Å²) in [5, 5.41) is 8.94. The number of aromatic nitrogens is 4. The van der Waals surface area contributed by atoms with Crippen LogP contribution in [0.4, 0.5) is 0 Å². The lowest BCUT2D eigenvalue weighted by Gasteiger charge is -2.07. The molecule has 0 N–H and O–H groups in total. The summed E-state index contributed by atoms with van der Waals surface area (Å²) in [6.07, 6.45) is 4.41. The Morgan fingerprint density at radius 2 is 2.53 bits per heavy atom. The number of hydrogen-bond donors (Lipinski definition) is 0. The van der Waals surface area contributed by atoms with Gasteiger partial charge in [0.15, 0.2) is 5.65 Å². The molecule has 2 aromatic rings. The molecular weight excluding hydrogens is 208 g/mol. The van der Waals surface area contributed by atoms with Crippen LogP contribution in [-0.4, -0.2) is 31.0 Å². The average molecular weight is 220 g/mol. The quantitative estimate of drug-likeness (QED) is 0.773. The van der Waals surface area contributed by atoms with Crippen molar-refractivity contribution in [1.82, 2.24) is 20.0 Å². The lowest BCUT2D eigenvalue weighted by atomic mass is 10.2. The van der Waals surface area contributed by atoms with Crippen LogP contribution >= 0.6 is 11.8 Å². The predicted octanol–water partition coefficient (Wildman–Crippen LogP) is 1.72. The molecule has 1 aliphatic rings. The number of fused-ring (bicyclic) bond motifs is 1. The van der Waals surface area contributed by atoms with E-state index in [0.717, 1.165) is 17.7 Å². The molecule has 1 unspecified atom stereocenters. The summed E-state index contributed by atoms with van der Waals surface area (Å²) in [6, 6.07) is 3.85. The van der Waals surface area contributed by atoms with Gasteiger partial charge in [0.25, 0.3) is 0 Å². The molecule has 1 atom stereocenters. The van der Waals surface area contributed by atoms with E-state index in [2.05, 4.69) is 15.3 Å². The minimum absolute atomic E-state index is 0.692. The van der Waals surface area contributed by atoms with Crippen LogP contribution in [0.2, 0.25) is 0 Å². The Labute approximate surface area is 92.1 Å². The maximum atomic E-state index is 4.31. The average Bonchev–Trinajstić information content (AvgIpc) is 2.89. The molecule has 4 nitrogen and oxygen atoms in total. The van der Waals surface area contributed by atoms with Gasteiger partial charge in [0, 0.05) is 11.4 Å². The van der Waals surface area contributed by atoms with Gasteiger partial charge >= 0.3 is 0 Å². The van der Waals surface area contributed by atoms with Gasteiger partial charge in [-0.1, -0.05) is 5.21 Å². The van der Waals surface area contributed by atoms with Crippen molar-refractivity contribution in [2.75, 3.05) is 5.75 Å². The minimum Gasteiger partial charge on any atom is -0.235 e. The van der Waals surface area contributed by atoms with Crippen molar-refractivity contribution in [3.05, 3.63) is 18.3 Å². The van der Waals surface area contributed by atoms with E-state index in [1.54, 1.807) is 6.20 Å². The lowest BCUT2D eigenvalue weighted by molar-refractivity contribution is 0.571. The van der Waals surface area contributed by atoms with E-state index in [4.69, 9.17) is 0 Å².